The molecule has 0 aromatic carbocycles. The first-order valence-electron chi connectivity index (χ1n) is 4.88. The number of hydrogen-bond donors (Lipinski definition) is 0. The van der Waals surface area contributed by atoms with E-state index < -0.39 is 5.82 Å². The topological polar surface area (TPSA) is 34.4 Å². The Kier molecular flexibility index (Phi) is 2.03. The smallest absolute Gasteiger partial charge is 0.174 e. The third-order valence-electron chi connectivity index (χ3n) is 2.42. The molecular weight excluding hydrogens is 195 g/mol. The number of carbonyl (C=O) groups excluding carboxylic acids is 1. The second kappa shape index (κ2) is 3.02. The van der Waals surface area contributed by atoms with Gasteiger partial charge in [-0.25, -0.2) is 9.38 Å². The standard InChI is InChI=1S/C11H13FN2O/c1-11(2,3)14-6-7(12)9-8(15)4-5-13-10(9)14/h5-6H,4H2,1-3H3. The van der Waals surface area contributed by atoms with Crippen molar-refractivity contribution in [3.8, 4) is 0 Å². The minimum Gasteiger partial charge on any atom is -0.324 e. The largest absolute Gasteiger partial charge is 0.324 e. The van der Waals surface area contributed by atoms with Crippen LogP contribution in [0.25, 0.3) is 0 Å². The molecule has 0 spiro atoms. The normalized spacial score (nSPS) is 15.6. The van der Waals surface area contributed by atoms with Gasteiger partial charge in [0.05, 0.1) is 5.56 Å². The lowest BCUT2D eigenvalue weighted by atomic mass is 10.1. The van der Waals surface area contributed by atoms with Gasteiger partial charge in [-0.05, 0) is 20.8 Å². The number of aromatic nitrogens is 1. The second-order valence-corrected chi connectivity index (χ2v) is 4.66. The molecule has 3 nitrogen and oxygen atoms in total. The first-order chi connectivity index (χ1) is 6.91. The molecule has 2 rings (SSSR count). The Morgan fingerprint density at radius 3 is 2.73 bits per heavy atom. The van der Waals surface area contributed by atoms with Crippen LogP contribution in [0.4, 0.5) is 10.2 Å². The fraction of sp³-hybridized carbons (Fsp3) is 0.455. The summed E-state index contributed by atoms with van der Waals surface area (Å²) in [7, 11) is 0. The Morgan fingerprint density at radius 1 is 1.47 bits per heavy atom. The van der Waals surface area contributed by atoms with E-state index in [0.29, 0.717) is 5.82 Å². The van der Waals surface area contributed by atoms with E-state index in [9.17, 15) is 9.18 Å². The first-order valence-corrected chi connectivity index (χ1v) is 4.88. The summed E-state index contributed by atoms with van der Waals surface area (Å²) in [5, 5.41) is 0. The van der Waals surface area contributed by atoms with Crippen molar-refractivity contribution in [2.24, 2.45) is 4.99 Å². The first kappa shape index (κ1) is 10.1. The van der Waals surface area contributed by atoms with E-state index in [-0.39, 0.29) is 23.3 Å². The van der Waals surface area contributed by atoms with Gasteiger partial charge in [0.25, 0.3) is 0 Å². The van der Waals surface area contributed by atoms with Crippen molar-refractivity contribution in [3.63, 3.8) is 0 Å². The van der Waals surface area contributed by atoms with Crippen LogP contribution in [0, 0.1) is 5.82 Å². The van der Waals surface area contributed by atoms with E-state index in [1.807, 2.05) is 20.8 Å². The number of rotatable bonds is 0. The van der Waals surface area contributed by atoms with Crippen LogP contribution < -0.4 is 0 Å². The summed E-state index contributed by atoms with van der Waals surface area (Å²) in [4.78, 5) is 15.6. The summed E-state index contributed by atoms with van der Waals surface area (Å²) in [5.74, 6) is -0.224. The predicted molar refractivity (Wildman–Crippen MR) is 56.5 cm³/mol. The maximum Gasteiger partial charge on any atom is 0.174 e. The molecule has 0 N–H and O–H groups in total. The lowest BCUT2D eigenvalue weighted by Crippen LogP contribution is -2.21. The molecule has 4 heteroatoms. The average Bonchev–Trinajstić information content (AvgIpc) is 2.44. The lowest BCUT2D eigenvalue weighted by molar-refractivity contribution is 0.0997. The zero-order valence-corrected chi connectivity index (χ0v) is 9.04. The van der Waals surface area contributed by atoms with Crippen LogP contribution in [0.5, 0.6) is 0 Å². The maximum absolute atomic E-state index is 13.6. The minimum absolute atomic E-state index is 0.132. The number of ketones is 1. The summed E-state index contributed by atoms with van der Waals surface area (Å²) in [6.45, 7) is 5.84. The van der Waals surface area contributed by atoms with Gasteiger partial charge in [-0.3, -0.25) is 4.79 Å². The fourth-order valence-corrected chi connectivity index (χ4v) is 1.68. The van der Waals surface area contributed by atoms with E-state index >= 15 is 0 Å². The van der Waals surface area contributed by atoms with E-state index in [0.717, 1.165) is 0 Å². The molecule has 1 aliphatic heterocycles. The molecule has 0 fully saturated rings. The van der Waals surface area contributed by atoms with Crippen LogP contribution in [0.2, 0.25) is 0 Å². The maximum atomic E-state index is 13.6. The second-order valence-electron chi connectivity index (χ2n) is 4.66. The summed E-state index contributed by atoms with van der Waals surface area (Å²) in [6.07, 6.45) is 3.08. The highest BCUT2D eigenvalue weighted by Crippen LogP contribution is 2.33. The van der Waals surface area contributed by atoms with E-state index in [2.05, 4.69) is 4.99 Å². The Balaban J connectivity index is 2.68. The van der Waals surface area contributed by atoms with Crippen molar-refractivity contribution in [2.45, 2.75) is 32.7 Å². The predicted octanol–water partition coefficient (Wildman–Crippen LogP) is 2.67. The molecule has 0 atom stereocenters. The van der Waals surface area contributed by atoms with Crippen LogP contribution >= 0.6 is 0 Å². The molecule has 0 saturated carbocycles. The van der Waals surface area contributed by atoms with E-state index in [1.54, 1.807) is 4.57 Å². The van der Waals surface area contributed by atoms with Gasteiger partial charge in [0.15, 0.2) is 11.6 Å². The highest BCUT2D eigenvalue weighted by molar-refractivity contribution is 6.09. The summed E-state index contributed by atoms with van der Waals surface area (Å²) in [5.41, 5.74) is -0.143. The third kappa shape index (κ3) is 1.50. The molecule has 0 amide bonds. The van der Waals surface area contributed by atoms with Crippen LogP contribution in [0.1, 0.15) is 37.6 Å². The van der Waals surface area contributed by atoms with Crippen LogP contribution in [-0.2, 0) is 5.54 Å². The van der Waals surface area contributed by atoms with Crippen molar-refractivity contribution in [3.05, 3.63) is 17.6 Å². The molecule has 0 bridgehead atoms. The van der Waals surface area contributed by atoms with Gasteiger partial charge in [-0.2, -0.15) is 0 Å². The number of fused-ring (bicyclic) bond motifs is 1. The Bertz CT molecular complexity index is 452. The fourth-order valence-electron chi connectivity index (χ4n) is 1.68. The molecule has 2 heterocycles. The molecule has 0 saturated heterocycles. The van der Waals surface area contributed by atoms with Crippen molar-refractivity contribution >= 4 is 17.8 Å². The van der Waals surface area contributed by atoms with Gasteiger partial charge in [0.2, 0.25) is 0 Å². The average molecular weight is 208 g/mol. The van der Waals surface area contributed by atoms with Gasteiger partial charge in [0.1, 0.15) is 5.82 Å². The quantitative estimate of drug-likeness (QED) is 0.645. The molecule has 1 aromatic heterocycles. The molecular formula is C11H13FN2O. The number of hydrogen-bond acceptors (Lipinski definition) is 2. The van der Waals surface area contributed by atoms with Crippen molar-refractivity contribution in [1.82, 2.24) is 4.57 Å². The van der Waals surface area contributed by atoms with E-state index in [1.165, 1.54) is 12.4 Å². The Morgan fingerprint density at radius 2 is 2.13 bits per heavy atom. The van der Waals surface area contributed by atoms with Gasteiger partial charge in [0, 0.05) is 24.4 Å². The molecule has 80 valence electrons. The number of Topliss-reactive ketones (excluding diaryl/α,β-unsaturated/α-hetero) is 1. The van der Waals surface area contributed by atoms with Gasteiger partial charge < -0.3 is 4.57 Å². The van der Waals surface area contributed by atoms with Crippen LogP contribution in [0.3, 0.4) is 0 Å². The number of aliphatic imine (C=N–C) groups is 1. The summed E-state index contributed by atoms with van der Waals surface area (Å²) in [6, 6.07) is 0. The van der Waals surface area contributed by atoms with Gasteiger partial charge in [-0.1, -0.05) is 0 Å². The monoisotopic (exact) mass is 208 g/mol. The van der Waals surface area contributed by atoms with Gasteiger partial charge >= 0.3 is 0 Å². The molecule has 0 unspecified atom stereocenters. The van der Waals surface area contributed by atoms with E-state index in [4.69, 9.17) is 0 Å². The molecule has 0 radical (unpaired) electrons. The summed E-state index contributed by atoms with van der Waals surface area (Å²) < 4.78 is 15.3. The third-order valence-corrected chi connectivity index (χ3v) is 2.42. The molecule has 15 heavy (non-hydrogen) atoms. The van der Waals surface area contributed by atoms with Crippen molar-refractivity contribution in [1.29, 1.82) is 0 Å². The highest BCUT2D eigenvalue weighted by atomic mass is 19.1. The van der Waals surface area contributed by atoms with Crippen LogP contribution in [0.15, 0.2) is 11.2 Å². The van der Waals surface area contributed by atoms with Crippen molar-refractivity contribution in [2.75, 3.05) is 0 Å². The molecule has 1 aromatic rings. The SMILES string of the molecule is CC(C)(C)n1cc(F)c2c1N=CCC2=O. The minimum atomic E-state index is -0.471. The number of nitrogens with zero attached hydrogens (tertiary/aromatic N) is 2. The Hall–Kier alpha value is -1.45. The van der Waals surface area contributed by atoms with Crippen LogP contribution in [-0.4, -0.2) is 16.6 Å². The Labute approximate surface area is 87.6 Å². The lowest BCUT2D eigenvalue weighted by Gasteiger charge is -2.23. The highest BCUT2D eigenvalue weighted by Gasteiger charge is 2.28. The zero-order valence-electron chi connectivity index (χ0n) is 9.04. The molecule has 0 aliphatic carbocycles. The zero-order chi connectivity index (χ0) is 11.2. The molecule has 1 aliphatic rings. The van der Waals surface area contributed by atoms with Gasteiger partial charge in [-0.15, -0.1) is 0 Å². The number of halogens is 1. The number of carbonyl (C=O) groups is 1. The van der Waals surface area contributed by atoms with Crippen molar-refractivity contribution < 1.29 is 9.18 Å². The summed E-state index contributed by atoms with van der Waals surface area (Å²) >= 11 is 0.